The largest absolute Gasteiger partial charge is 0.411 e. The number of ether oxygens (including phenoxy) is 1. The van der Waals surface area contributed by atoms with Crippen molar-refractivity contribution >= 4 is 34.9 Å². The number of amides is 3. The Morgan fingerprint density at radius 1 is 1.16 bits per heavy atom. The molecule has 9 heteroatoms. The number of nitrogens with one attached hydrogen (secondary N) is 2. The summed E-state index contributed by atoms with van der Waals surface area (Å²) in [6, 6.07) is 11.8. The monoisotopic (exact) mass is 458 g/mol. The first-order chi connectivity index (χ1) is 15.2. The van der Waals surface area contributed by atoms with E-state index < -0.39 is 11.6 Å². The summed E-state index contributed by atoms with van der Waals surface area (Å²) in [6.07, 6.45) is 0. The van der Waals surface area contributed by atoms with E-state index in [4.69, 9.17) is 21.5 Å². The van der Waals surface area contributed by atoms with E-state index >= 15 is 0 Å². The molecule has 0 spiro atoms. The average molecular weight is 459 g/mol. The summed E-state index contributed by atoms with van der Waals surface area (Å²) in [7, 11) is 0. The van der Waals surface area contributed by atoms with Crippen LogP contribution in [-0.4, -0.2) is 54.1 Å². The number of nitrogens with zero attached hydrogens (tertiary/aromatic N) is 2. The fourth-order valence-electron chi connectivity index (χ4n) is 3.41. The zero-order valence-electron chi connectivity index (χ0n) is 18.3. The Morgan fingerprint density at radius 2 is 1.88 bits per heavy atom. The van der Waals surface area contributed by atoms with Gasteiger partial charge in [-0.25, -0.2) is 4.79 Å². The van der Waals surface area contributed by atoms with Crippen LogP contribution in [0.4, 0.5) is 10.5 Å². The molecule has 32 heavy (non-hydrogen) atoms. The molecule has 1 heterocycles. The molecule has 1 fully saturated rings. The quantitative estimate of drug-likeness (QED) is 0.357. The smallest absolute Gasteiger partial charge is 0.319 e. The fourth-order valence-corrected chi connectivity index (χ4v) is 3.67. The van der Waals surface area contributed by atoms with Crippen molar-refractivity contribution in [2.75, 3.05) is 31.6 Å². The van der Waals surface area contributed by atoms with Crippen LogP contribution in [-0.2, 0) is 10.3 Å². The van der Waals surface area contributed by atoms with Crippen molar-refractivity contribution in [1.82, 2.24) is 10.2 Å². The van der Waals surface area contributed by atoms with E-state index in [1.165, 1.54) is 0 Å². The SMILES string of the molecule is C/C(=N\O)c1cccc(C(C)(C)NC(=O)Nc2ccc(C(=O)N3CCOCC3)c(Cl)c2)c1. The second-order valence-electron chi connectivity index (χ2n) is 8.07. The molecule has 3 rings (SSSR count). The predicted molar refractivity (Wildman–Crippen MR) is 124 cm³/mol. The first-order valence-corrected chi connectivity index (χ1v) is 10.6. The van der Waals surface area contributed by atoms with Crippen LogP contribution >= 0.6 is 11.6 Å². The van der Waals surface area contributed by atoms with Crippen molar-refractivity contribution < 1.29 is 19.5 Å². The molecule has 0 saturated carbocycles. The van der Waals surface area contributed by atoms with Gasteiger partial charge >= 0.3 is 6.03 Å². The number of rotatable bonds is 5. The molecule has 0 bridgehead atoms. The van der Waals surface area contributed by atoms with Gasteiger partial charge in [-0.05, 0) is 56.2 Å². The summed E-state index contributed by atoms with van der Waals surface area (Å²) < 4.78 is 5.28. The third kappa shape index (κ3) is 5.57. The van der Waals surface area contributed by atoms with Crippen molar-refractivity contribution in [3.8, 4) is 0 Å². The number of benzene rings is 2. The molecule has 1 saturated heterocycles. The topological polar surface area (TPSA) is 103 Å². The standard InChI is InChI=1S/C23H27ClN4O4/c1-15(27-31)16-5-4-6-17(13-16)23(2,3)26-22(30)25-18-7-8-19(20(24)14-18)21(29)28-9-11-32-12-10-28/h4-8,13-14,31H,9-12H2,1-3H3,(H2,25,26,30)/b27-15+. The number of oxime groups is 1. The van der Waals surface area contributed by atoms with Crippen molar-refractivity contribution in [3.63, 3.8) is 0 Å². The minimum atomic E-state index is -0.703. The summed E-state index contributed by atoms with van der Waals surface area (Å²) >= 11 is 6.33. The molecule has 3 amide bonds. The van der Waals surface area contributed by atoms with Crippen LogP contribution in [0.2, 0.25) is 5.02 Å². The Balaban J connectivity index is 1.68. The second-order valence-corrected chi connectivity index (χ2v) is 8.48. The van der Waals surface area contributed by atoms with Crippen LogP contribution in [0.3, 0.4) is 0 Å². The molecule has 2 aromatic rings. The summed E-state index contributed by atoms with van der Waals surface area (Å²) in [5.41, 5.74) is 2.24. The molecule has 0 atom stereocenters. The molecule has 170 valence electrons. The number of halogens is 1. The number of urea groups is 1. The van der Waals surface area contributed by atoms with Gasteiger partial charge in [-0.15, -0.1) is 0 Å². The van der Waals surface area contributed by atoms with Crippen molar-refractivity contribution in [3.05, 3.63) is 64.2 Å². The summed E-state index contributed by atoms with van der Waals surface area (Å²) in [5.74, 6) is -0.156. The van der Waals surface area contributed by atoms with Gasteiger partial charge in [0, 0.05) is 18.8 Å². The predicted octanol–water partition coefficient (Wildman–Crippen LogP) is 4.07. The van der Waals surface area contributed by atoms with Crippen molar-refractivity contribution in [1.29, 1.82) is 0 Å². The number of hydrogen-bond acceptors (Lipinski definition) is 5. The van der Waals surface area contributed by atoms with Gasteiger partial charge in [-0.1, -0.05) is 35.0 Å². The number of carbonyl (C=O) groups is 2. The summed E-state index contributed by atoms with van der Waals surface area (Å²) in [5, 5.41) is 18.2. The normalized spacial score (nSPS) is 14.8. The number of carbonyl (C=O) groups excluding carboxylic acids is 2. The van der Waals surface area contributed by atoms with Crippen LogP contribution in [0.15, 0.2) is 47.6 Å². The Hall–Kier alpha value is -3.10. The van der Waals surface area contributed by atoms with Gasteiger partial charge < -0.3 is 25.5 Å². The zero-order valence-corrected chi connectivity index (χ0v) is 19.1. The number of hydrogen-bond donors (Lipinski definition) is 3. The Bertz CT molecular complexity index is 1030. The maximum Gasteiger partial charge on any atom is 0.319 e. The van der Waals surface area contributed by atoms with Crippen LogP contribution in [0.1, 0.15) is 42.3 Å². The molecule has 0 aromatic heterocycles. The van der Waals surface area contributed by atoms with Crippen LogP contribution in [0.5, 0.6) is 0 Å². The van der Waals surface area contributed by atoms with Crippen LogP contribution in [0.25, 0.3) is 0 Å². The maximum atomic E-state index is 12.7. The molecule has 0 radical (unpaired) electrons. The summed E-state index contributed by atoms with van der Waals surface area (Å²) in [6.45, 7) is 7.50. The minimum absolute atomic E-state index is 0.156. The van der Waals surface area contributed by atoms with E-state index in [2.05, 4.69) is 15.8 Å². The molecule has 0 unspecified atom stereocenters. The lowest BCUT2D eigenvalue weighted by Crippen LogP contribution is -2.43. The van der Waals surface area contributed by atoms with Gasteiger partial charge in [0.05, 0.1) is 35.1 Å². The van der Waals surface area contributed by atoms with Gasteiger partial charge in [0.1, 0.15) is 0 Å². The van der Waals surface area contributed by atoms with Gasteiger partial charge in [-0.2, -0.15) is 0 Å². The highest BCUT2D eigenvalue weighted by molar-refractivity contribution is 6.34. The maximum absolute atomic E-state index is 12.7. The number of morpholine rings is 1. The molecule has 1 aliphatic heterocycles. The average Bonchev–Trinajstić information content (AvgIpc) is 2.78. The lowest BCUT2D eigenvalue weighted by Gasteiger charge is -2.28. The fraction of sp³-hybridized carbons (Fsp3) is 0.348. The first kappa shape index (κ1) is 23.6. The van der Waals surface area contributed by atoms with Crippen molar-refractivity contribution in [2.24, 2.45) is 5.16 Å². The Labute approximate surface area is 192 Å². The highest BCUT2D eigenvalue weighted by Gasteiger charge is 2.24. The minimum Gasteiger partial charge on any atom is -0.411 e. The first-order valence-electron chi connectivity index (χ1n) is 10.3. The molecule has 2 aromatic carbocycles. The molecular formula is C23H27ClN4O4. The van der Waals surface area contributed by atoms with Gasteiger partial charge in [0.2, 0.25) is 0 Å². The van der Waals surface area contributed by atoms with Crippen LogP contribution < -0.4 is 10.6 Å². The van der Waals surface area contributed by atoms with E-state index in [1.807, 2.05) is 38.1 Å². The lowest BCUT2D eigenvalue weighted by molar-refractivity contribution is 0.0303. The highest BCUT2D eigenvalue weighted by atomic mass is 35.5. The number of anilines is 1. The molecule has 0 aliphatic carbocycles. The second kappa shape index (κ2) is 10.0. The van der Waals surface area contributed by atoms with E-state index in [-0.39, 0.29) is 10.9 Å². The van der Waals surface area contributed by atoms with Gasteiger partial charge in [-0.3, -0.25) is 4.79 Å². The third-order valence-corrected chi connectivity index (χ3v) is 5.65. The van der Waals surface area contributed by atoms with Gasteiger partial charge in [0.15, 0.2) is 0 Å². The molecule has 3 N–H and O–H groups in total. The molecular weight excluding hydrogens is 432 g/mol. The van der Waals surface area contributed by atoms with Gasteiger partial charge in [0.25, 0.3) is 5.91 Å². The molecule has 8 nitrogen and oxygen atoms in total. The van der Waals surface area contributed by atoms with E-state index in [9.17, 15) is 9.59 Å². The zero-order chi connectivity index (χ0) is 23.3. The Morgan fingerprint density at radius 3 is 2.53 bits per heavy atom. The third-order valence-electron chi connectivity index (χ3n) is 5.33. The van der Waals surface area contributed by atoms with Crippen LogP contribution in [0, 0.1) is 0 Å². The van der Waals surface area contributed by atoms with E-state index in [0.717, 1.165) is 11.1 Å². The van der Waals surface area contributed by atoms with E-state index in [0.29, 0.717) is 43.3 Å². The van der Waals surface area contributed by atoms with Crippen molar-refractivity contribution in [2.45, 2.75) is 26.3 Å². The summed E-state index contributed by atoms with van der Waals surface area (Å²) in [4.78, 5) is 27.0. The lowest BCUT2D eigenvalue weighted by atomic mass is 9.92. The Kier molecular flexibility index (Phi) is 7.37. The van der Waals surface area contributed by atoms with E-state index in [1.54, 1.807) is 30.0 Å². The highest BCUT2D eigenvalue weighted by Crippen LogP contribution is 2.24. The molecule has 1 aliphatic rings.